The van der Waals surface area contributed by atoms with E-state index >= 15 is 0 Å². The van der Waals surface area contributed by atoms with Crippen LogP contribution in [0.15, 0.2) is 21.7 Å². The minimum Gasteiger partial charge on any atom is -0.360 e. The molecular weight excluding hydrogens is 422 g/mol. The van der Waals surface area contributed by atoms with Crippen molar-refractivity contribution in [1.82, 2.24) is 29.1 Å². The minimum absolute atomic E-state index is 0.108. The van der Waals surface area contributed by atoms with Gasteiger partial charge in [-0.25, -0.2) is 18.2 Å². The zero-order chi connectivity index (χ0) is 22.3. The predicted molar refractivity (Wildman–Crippen MR) is 113 cm³/mol. The van der Waals surface area contributed by atoms with Gasteiger partial charge in [0.25, 0.3) is 0 Å². The molecule has 0 saturated carbocycles. The standard InChI is InChI=1S/C19H25N7O4S/c1-12-16-10-15(11-20-18(16)24(4)22-12)21-19(27)25-6-5-7-26(9-8-25)31(28,29)17-13(2)23-30-14(17)3/h10-11H,5-9H2,1-4H3,(H,21,27). The topological polar surface area (TPSA) is 126 Å². The number of nitrogens with zero attached hydrogens (tertiary/aromatic N) is 6. The molecule has 0 atom stereocenters. The Morgan fingerprint density at radius 2 is 1.90 bits per heavy atom. The van der Waals surface area contributed by atoms with Gasteiger partial charge in [0.1, 0.15) is 10.6 Å². The van der Waals surface area contributed by atoms with Crippen LogP contribution in [0, 0.1) is 20.8 Å². The number of rotatable bonds is 3. The molecule has 1 aliphatic heterocycles. The smallest absolute Gasteiger partial charge is 0.321 e. The first-order valence-electron chi connectivity index (χ1n) is 9.97. The first-order chi connectivity index (χ1) is 14.7. The maximum absolute atomic E-state index is 13.1. The lowest BCUT2D eigenvalue weighted by Gasteiger charge is -2.22. The van der Waals surface area contributed by atoms with Gasteiger partial charge in [0, 0.05) is 38.6 Å². The Morgan fingerprint density at radius 1 is 1.13 bits per heavy atom. The summed E-state index contributed by atoms with van der Waals surface area (Å²) >= 11 is 0. The van der Waals surface area contributed by atoms with Gasteiger partial charge in [-0.1, -0.05) is 5.16 Å². The zero-order valence-electron chi connectivity index (χ0n) is 17.9. The van der Waals surface area contributed by atoms with Crippen LogP contribution in [0.1, 0.15) is 23.6 Å². The Hall–Kier alpha value is -2.99. The molecule has 3 aromatic rings. The van der Waals surface area contributed by atoms with E-state index in [-0.39, 0.29) is 29.8 Å². The SMILES string of the molecule is Cc1noc(C)c1S(=O)(=O)N1CCCN(C(=O)Nc2cnc3c(c2)c(C)nn3C)CC1. The number of carbonyl (C=O) groups is 1. The number of hydrogen-bond donors (Lipinski definition) is 1. The summed E-state index contributed by atoms with van der Waals surface area (Å²) in [4.78, 5) is 18.9. The third kappa shape index (κ3) is 3.88. The molecule has 4 rings (SSSR count). The maximum atomic E-state index is 13.1. The molecule has 0 radical (unpaired) electrons. The molecule has 1 aliphatic rings. The van der Waals surface area contributed by atoms with Crippen molar-refractivity contribution in [1.29, 1.82) is 0 Å². The average Bonchev–Trinajstić information content (AvgIpc) is 3.07. The second-order valence-electron chi connectivity index (χ2n) is 7.63. The number of pyridine rings is 1. The van der Waals surface area contributed by atoms with Crippen molar-refractivity contribution in [3.63, 3.8) is 0 Å². The number of aromatic nitrogens is 4. The van der Waals surface area contributed by atoms with Gasteiger partial charge in [0.2, 0.25) is 10.0 Å². The van der Waals surface area contributed by atoms with Crippen molar-refractivity contribution >= 4 is 32.8 Å². The molecule has 1 fully saturated rings. The number of amides is 2. The van der Waals surface area contributed by atoms with E-state index in [1.165, 1.54) is 4.31 Å². The molecule has 0 aromatic carbocycles. The van der Waals surface area contributed by atoms with Crippen LogP contribution in [0.4, 0.5) is 10.5 Å². The molecule has 0 bridgehead atoms. The second kappa shape index (κ2) is 7.93. The molecule has 166 valence electrons. The number of nitrogens with one attached hydrogen (secondary N) is 1. The van der Waals surface area contributed by atoms with Crippen LogP contribution >= 0.6 is 0 Å². The molecule has 4 heterocycles. The normalized spacial score (nSPS) is 15.9. The maximum Gasteiger partial charge on any atom is 0.321 e. The molecule has 0 unspecified atom stereocenters. The Labute approximate surface area is 180 Å². The molecule has 2 amide bonds. The number of sulfonamides is 1. The number of aryl methyl sites for hydroxylation is 4. The van der Waals surface area contributed by atoms with Gasteiger partial charge in [-0.15, -0.1) is 0 Å². The molecule has 3 aromatic heterocycles. The summed E-state index contributed by atoms with van der Waals surface area (Å²) < 4.78 is 34.2. The van der Waals surface area contributed by atoms with E-state index in [9.17, 15) is 13.2 Å². The van der Waals surface area contributed by atoms with Gasteiger partial charge in [-0.3, -0.25) is 4.68 Å². The van der Waals surface area contributed by atoms with Crippen LogP contribution < -0.4 is 5.32 Å². The number of anilines is 1. The lowest BCUT2D eigenvalue weighted by atomic mass is 10.2. The minimum atomic E-state index is -3.74. The average molecular weight is 448 g/mol. The first-order valence-corrected chi connectivity index (χ1v) is 11.4. The zero-order valence-corrected chi connectivity index (χ0v) is 18.7. The van der Waals surface area contributed by atoms with Crippen molar-refractivity contribution in [3.05, 3.63) is 29.4 Å². The van der Waals surface area contributed by atoms with Crippen LogP contribution in [0.5, 0.6) is 0 Å². The van der Waals surface area contributed by atoms with Crippen molar-refractivity contribution in [3.8, 4) is 0 Å². The van der Waals surface area contributed by atoms with Crippen LogP contribution in [0.25, 0.3) is 11.0 Å². The largest absolute Gasteiger partial charge is 0.360 e. The van der Waals surface area contributed by atoms with Crippen LogP contribution in [0.2, 0.25) is 0 Å². The number of carbonyl (C=O) groups excluding carboxylic acids is 1. The highest BCUT2D eigenvalue weighted by atomic mass is 32.2. The van der Waals surface area contributed by atoms with E-state index in [2.05, 4.69) is 20.6 Å². The van der Waals surface area contributed by atoms with E-state index in [1.54, 1.807) is 29.6 Å². The fraction of sp³-hybridized carbons (Fsp3) is 0.474. The molecule has 31 heavy (non-hydrogen) atoms. The van der Waals surface area contributed by atoms with E-state index in [0.29, 0.717) is 30.9 Å². The van der Waals surface area contributed by atoms with Crippen LogP contribution in [-0.4, -0.2) is 69.8 Å². The van der Waals surface area contributed by atoms with Gasteiger partial charge in [0.15, 0.2) is 11.4 Å². The third-order valence-electron chi connectivity index (χ3n) is 5.42. The molecule has 11 nitrogen and oxygen atoms in total. The van der Waals surface area contributed by atoms with Crippen molar-refractivity contribution in [2.24, 2.45) is 7.05 Å². The van der Waals surface area contributed by atoms with Crippen LogP contribution in [0.3, 0.4) is 0 Å². The second-order valence-corrected chi connectivity index (χ2v) is 9.51. The van der Waals surface area contributed by atoms with Gasteiger partial charge in [-0.2, -0.15) is 9.40 Å². The summed E-state index contributed by atoms with van der Waals surface area (Å²) in [5.74, 6) is 0.268. The number of urea groups is 1. The monoisotopic (exact) mass is 447 g/mol. The quantitative estimate of drug-likeness (QED) is 0.649. The third-order valence-corrected chi connectivity index (χ3v) is 7.57. The highest BCUT2D eigenvalue weighted by molar-refractivity contribution is 7.89. The molecule has 1 saturated heterocycles. The fourth-order valence-corrected chi connectivity index (χ4v) is 5.65. The first kappa shape index (κ1) is 21.2. The molecular formula is C19H25N7O4S. The van der Waals surface area contributed by atoms with E-state index in [1.807, 2.05) is 20.0 Å². The van der Waals surface area contributed by atoms with Crippen molar-refractivity contribution < 1.29 is 17.7 Å². The molecule has 12 heteroatoms. The number of hydrogen-bond acceptors (Lipinski definition) is 7. The van der Waals surface area contributed by atoms with Gasteiger partial charge in [0.05, 0.1) is 17.6 Å². The van der Waals surface area contributed by atoms with Gasteiger partial charge < -0.3 is 14.7 Å². The summed E-state index contributed by atoms with van der Waals surface area (Å²) in [7, 11) is -1.92. The molecule has 1 N–H and O–H groups in total. The predicted octanol–water partition coefficient (Wildman–Crippen LogP) is 1.81. The van der Waals surface area contributed by atoms with Crippen LogP contribution in [-0.2, 0) is 17.1 Å². The van der Waals surface area contributed by atoms with E-state index < -0.39 is 10.0 Å². The molecule has 0 aliphatic carbocycles. The Balaban J connectivity index is 1.46. The summed E-state index contributed by atoms with van der Waals surface area (Å²) in [5.41, 5.74) is 2.48. The Bertz CT molecular complexity index is 1230. The van der Waals surface area contributed by atoms with Gasteiger partial charge >= 0.3 is 6.03 Å². The van der Waals surface area contributed by atoms with E-state index in [0.717, 1.165) is 16.7 Å². The summed E-state index contributed by atoms with van der Waals surface area (Å²) in [6, 6.07) is 1.55. The highest BCUT2D eigenvalue weighted by Gasteiger charge is 2.33. The summed E-state index contributed by atoms with van der Waals surface area (Å²) in [6.45, 7) is 6.31. The lowest BCUT2D eigenvalue weighted by Crippen LogP contribution is -2.39. The Morgan fingerprint density at radius 3 is 2.61 bits per heavy atom. The van der Waals surface area contributed by atoms with E-state index in [4.69, 9.17) is 4.52 Å². The molecule has 0 spiro atoms. The lowest BCUT2D eigenvalue weighted by molar-refractivity contribution is 0.214. The van der Waals surface area contributed by atoms with Crippen molar-refractivity contribution in [2.75, 3.05) is 31.5 Å². The fourth-order valence-electron chi connectivity index (χ4n) is 3.89. The summed E-state index contributed by atoms with van der Waals surface area (Å²) in [5, 5.41) is 11.8. The highest BCUT2D eigenvalue weighted by Crippen LogP contribution is 2.24. The van der Waals surface area contributed by atoms with Crippen molar-refractivity contribution in [2.45, 2.75) is 32.1 Å². The van der Waals surface area contributed by atoms with Gasteiger partial charge in [-0.05, 0) is 33.3 Å². The summed E-state index contributed by atoms with van der Waals surface area (Å²) in [6.07, 6.45) is 2.11. The number of fused-ring (bicyclic) bond motifs is 1. The Kier molecular flexibility index (Phi) is 5.43.